The number of hydrogen-bond donors (Lipinski definition) is 2. The first-order valence-electron chi connectivity index (χ1n) is 8.33. The number of fused-ring (bicyclic) bond motifs is 1. The lowest BCUT2D eigenvalue weighted by molar-refractivity contribution is 0.601. The van der Waals surface area contributed by atoms with Crippen LogP contribution < -0.4 is 10.5 Å². The monoisotopic (exact) mass is 410 g/mol. The van der Waals surface area contributed by atoms with Crippen LogP contribution in [0.3, 0.4) is 0 Å². The molecule has 0 bridgehead atoms. The molecule has 0 saturated carbocycles. The summed E-state index contributed by atoms with van der Waals surface area (Å²) in [4.78, 5) is 8.85. The Labute approximate surface area is 167 Å². The summed E-state index contributed by atoms with van der Waals surface area (Å²) in [6.45, 7) is 0. The maximum absolute atomic E-state index is 12.7. The summed E-state index contributed by atoms with van der Waals surface area (Å²) in [7, 11) is -3.80. The van der Waals surface area contributed by atoms with Gasteiger partial charge in [0.25, 0.3) is 10.0 Å². The Kier molecular flexibility index (Phi) is 4.62. The van der Waals surface area contributed by atoms with Crippen LogP contribution in [0.1, 0.15) is 11.1 Å². The van der Waals surface area contributed by atoms with Crippen LogP contribution in [0.15, 0.2) is 87.7 Å². The van der Waals surface area contributed by atoms with Crippen molar-refractivity contribution in [2.24, 2.45) is 15.7 Å². The zero-order valence-electron chi connectivity index (χ0n) is 14.5. The molecule has 0 atom stereocenters. The van der Waals surface area contributed by atoms with Gasteiger partial charge in [0, 0.05) is 16.1 Å². The van der Waals surface area contributed by atoms with Crippen molar-refractivity contribution >= 4 is 44.7 Å². The number of nitrogens with zero attached hydrogens (tertiary/aromatic N) is 2. The van der Waals surface area contributed by atoms with Crippen LogP contribution >= 0.6 is 11.6 Å². The average molecular weight is 411 g/mol. The van der Waals surface area contributed by atoms with Gasteiger partial charge < -0.3 is 5.73 Å². The van der Waals surface area contributed by atoms with Gasteiger partial charge >= 0.3 is 0 Å². The molecule has 4 rings (SSSR count). The maximum Gasteiger partial charge on any atom is 0.261 e. The number of anilines is 1. The molecular weight excluding hydrogens is 396 g/mol. The molecule has 0 fully saturated rings. The van der Waals surface area contributed by atoms with Gasteiger partial charge in [-0.15, -0.1) is 0 Å². The topological polar surface area (TPSA) is 96.9 Å². The van der Waals surface area contributed by atoms with Crippen LogP contribution in [-0.4, -0.2) is 20.1 Å². The molecular formula is C20H15ClN4O2S. The van der Waals surface area contributed by atoms with Crippen LogP contribution in [0.5, 0.6) is 0 Å². The molecule has 6 nitrogen and oxygen atoms in total. The molecule has 3 aromatic rings. The standard InChI is InChI=1S/C20H15ClN4O2S/c21-13-5-3-7-15(11-13)25-28(26,27)16-8-4-6-14(12-16)23-20-18-10-2-1-9-17(18)19(22)24-20/h1-12,25H,(H2,22,23,24). The van der Waals surface area contributed by atoms with Crippen LogP contribution in [0.2, 0.25) is 5.02 Å². The van der Waals surface area contributed by atoms with Crippen LogP contribution in [0.4, 0.5) is 11.4 Å². The van der Waals surface area contributed by atoms with Crippen molar-refractivity contribution in [3.63, 3.8) is 0 Å². The Balaban J connectivity index is 1.67. The van der Waals surface area contributed by atoms with Gasteiger partial charge in [0.15, 0.2) is 5.84 Å². The Morgan fingerprint density at radius 3 is 2.46 bits per heavy atom. The Morgan fingerprint density at radius 2 is 1.68 bits per heavy atom. The van der Waals surface area contributed by atoms with E-state index < -0.39 is 10.0 Å². The SMILES string of the molecule is NC1=NC(=Nc2cccc(S(=O)(=O)Nc3cccc(Cl)c3)c2)c2ccccc21. The van der Waals surface area contributed by atoms with Crippen molar-refractivity contribution in [2.45, 2.75) is 4.90 Å². The quantitative estimate of drug-likeness (QED) is 0.681. The van der Waals surface area contributed by atoms with Crippen molar-refractivity contribution in [1.82, 2.24) is 0 Å². The average Bonchev–Trinajstić information content (AvgIpc) is 2.98. The van der Waals surface area contributed by atoms with Gasteiger partial charge in [0.1, 0.15) is 5.84 Å². The van der Waals surface area contributed by atoms with Crippen molar-refractivity contribution < 1.29 is 8.42 Å². The van der Waals surface area contributed by atoms with Crippen molar-refractivity contribution in [3.05, 3.63) is 88.9 Å². The van der Waals surface area contributed by atoms with Crippen LogP contribution in [0, 0.1) is 0 Å². The highest BCUT2D eigenvalue weighted by atomic mass is 35.5. The first kappa shape index (κ1) is 18.2. The second kappa shape index (κ2) is 7.10. The molecule has 1 aliphatic rings. The summed E-state index contributed by atoms with van der Waals surface area (Å²) in [6, 6.07) is 20.3. The number of nitrogens with two attached hydrogens (primary N) is 1. The summed E-state index contributed by atoms with van der Waals surface area (Å²) in [5.74, 6) is 0.839. The first-order valence-corrected chi connectivity index (χ1v) is 10.2. The number of hydrogen-bond acceptors (Lipinski definition) is 4. The van der Waals surface area contributed by atoms with E-state index in [1.54, 1.807) is 30.3 Å². The predicted molar refractivity (Wildman–Crippen MR) is 112 cm³/mol. The van der Waals surface area contributed by atoms with E-state index in [4.69, 9.17) is 17.3 Å². The van der Waals surface area contributed by atoms with E-state index in [1.165, 1.54) is 18.2 Å². The molecule has 0 unspecified atom stereocenters. The van der Waals surface area contributed by atoms with Crippen LogP contribution in [0.25, 0.3) is 0 Å². The smallest absolute Gasteiger partial charge is 0.261 e. The first-order chi connectivity index (χ1) is 13.4. The molecule has 0 aromatic heterocycles. The third-order valence-corrected chi connectivity index (χ3v) is 5.72. The zero-order chi connectivity index (χ0) is 19.7. The molecule has 3 N–H and O–H groups in total. The molecule has 0 aliphatic carbocycles. The molecule has 1 heterocycles. The number of halogens is 1. The Hall–Kier alpha value is -3.16. The highest BCUT2D eigenvalue weighted by molar-refractivity contribution is 7.92. The number of nitrogens with one attached hydrogen (secondary N) is 1. The normalized spacial score (nSPS) is 14.6. The van der Waals surface area contributed by atoms with Gasteiger partial charge in [0.2, 0.25) is 0 Å². The second-order valence-corrected chi connectivity index (χ2v) is 8.21. The minimum absolute atomic E-state index is 0.0811. The number of sulfonamides is 1. The fraction of sp³-hybridized carbons (Fsp3) is 0. The van der Waals surface area contributed by atoms with Gasteiger partial charge in [-0.3, -0.25) is 4.72 Å². The summed E-state index contributed by atoms with van der Waals surface area (Å²) in [6.07, 6.45) is 0. The van der Waals surface area contributed by atoms with E-state index >= 15 is 0 Å². The van der Waals surface area contributed by atoms with E-state index in [0.717, 1.165) is 11.1 Å². The molecule has 0 radical (unpaired) electrons. The number of rotatable bonds is 4. The van der Waals surface area contributed by atoms with Gasteiger partial charge in [0.05, 0.1) is 16.3 Å². The predicted octanol–water partition coefficient (Wildman–Crippen LogP) is 3.94. The minimum Gasteiger partial charge on any atom is -0.383 e. The largest absolute Gasteiger partial charge is 0.383 e. The number of amidine groups is 2. The van der Waals surface area contributed by atoms with E-state index in [2.05, 4.69) is 14.7 Å². The third-order valence-electron chi connectivity index (χ3n) is 4.11. The van der Waals surface area contributed by atoms with Crippen molar-refractivity contribution in [3.8, 4) is 0 Å². The molecule has 0 saturated heterocycles. The fourth-order valence-corrected chi connectivity index (χ4v) is 4.11. The molecule has 140 valence electrons. The van der Waals surface area contributed by atoms with Crippen molar-refractivity contribution in [1.29, 1.82) is 0 Å². The summed E-state index contributed by atoms with van der Waals surface area (Å²) in [5.41, 5.74) is 8.40. The Bertz CT molecular complexity index is 1240. The molecule has 1 aliphatic heterocycles. The Morgan fingerprint density at radius 1 is 0.929 bits per heavy atom. The molecule has 0 amide bonds. The summed E-state index contributed by atoms with van der Waals surface area (Å²) < 4.78 is 27.9. The van der Waals surface area contributed by atoms with Crippen LogP contribution in [-0.2, 0) is 10.0 Å². The lowest BCUT2D eigenvalue weighted by Crippen LogP contribution is -2.12. The van der Waals surface area contributed by atoms with Gasteiger partial charge in [-0.2, -0.15) is 0 Å². The van der Waals surface area contributed by atoms with E-state index in [0.29, 0.717) is 28.1 Å². The zero-order valence-corrected chi connectivity index (χ0v) is 16.1. The summed E-state index contributed by atoms with van der Waals surface area (Å²) >= 11 is 5.92. The van der Waals surface area contributed by atoms with Gasteiger partial charge in [-0.1, -0.05) is 48.0 Å². The maximum atomic E-state index is 12.7. The minimum atomic E-state index is -3.80. The molecule has 8 heteroatoms. The highest BCUT2D eigenvalue weighted by Crippen LogP contribution is 2.25. The fourth-order valence-electron chi connectivity index (χ4n) is 2.83. The lowest BCUT2D eigenvalue weighted by Gasteiger charge is -2.09. The van der Waals surface area contributed by atoms with Crippen molar-refractivity contribution in [2.75, 3.05) is 4.72 Å². The molecule has 3 aromatic carbocycles. The molecule has 0 spiro atoms. The second-order valence-electron chi connectivity index (χ2n) is 6.09. The number of benzene rings is 3. The van der Waals surface area contributed by atoms with E-state index in [1.807, 2.05) is 24.3 Å². The summed E-state index contributed by atoms with van der Waals surface area (Å²) in [5, 5.41) is 0.440. The third kappa shape index (κ3) is 3.62. The highest BCUT2D eigenvalue weighted by Gasteiger charge is 2.19. The van der Waals surface area contributed by atoms with E-state index in [9.17, 15) is 8.42 Å². The lowest BCUT2D eigenvalue weighted by atomic mass is 10.1. The van der Waals surface area contributed by atoms with E-state index in [-0.39, 0.29) is 4.90 Å². The number of aliphatic imine (C=N–C) groups is 2. The van der Waals surface area contributed by atoms with Gasteiger partial charge in [-0.25, -0.2) is 18.4 Å². The molecule has 28 heavy (non-hydrogen) atoms. The van der Waals surface area contributed by atoms with Gasteiger partial charge in [-0.05, 0) is 36.4 Å².